The number of esters is 1. The first-order chi connectivity index (χ1) is 9.11. The number of hydrogen-bond donors (Lipinski definition) is 2. The van der Waals surface area contributed by atoms with Gasteiger partial charge in [0.05, 0.1) is 10.7 Å². The zero-order valence-corrected chi connectivity index (χ0v) is 12.6. The molecule has 0 spiro atoms. The van der Waals surface area contributed by atoms with Crippen LogP contribution in [0, 0.1) is 0 Å². The number of rotatable bonds is 4. The van der Waals surface area contributed by atoms with E-state index in [-0.39, 0.29) is 10.6 Å². The number of carbonyl (C=O) groups is 2. The van der Waals surface area contributed by atoms with E-state index in [1.54, 1.807) is 39.0 Å². The van der Waals surface area contributed by atoms with Crippen molar-refractivity contribution in [1.82, 2.24) is 0 Å². The Hall–Kier alpha value is -1.75. The maximum atomic E-state index is 12.2. The van der Waals surface area contributed by atoms with Crippen LogP contribution in [-0.4, -0.2) is 28.7 Å². The number of ether oxygens (including phenoxy) is 1. The van der Waals surface area contributed by atoms with Gasteiger partial charge < -0.3 is 15.2 Å². The third-order valence-corrected chi connectivity index (χ3v) is 2.67. The quantitative estimate of drug-likeness (QED) is 0.835. The summed E-state index contributed by atoms with van der Waals surface area (Å²) < 4.78 is 5.28. The molecule has 0 aliphatic rings. The van der Waals surface area contributed by atoms with E-state index in [4.69, 9.17) is 21.4 Å². The van der Waals surface area contributed by atoms with Crippen LogP contribution in [-0.2, 0) is 9.53 Å². The lowest BCUT2D eigenvalue weighted by molar-refractivity contribution is -0.137. The van der Waals surface area contributed by atoms with Crippen LogP contribution < -0.4 is 5.32 Å². The van der Waals surface area contributed by atoms with Gasteiger partial charge >= 0.3 is 11.9 Å². The molecule has 0 aromatic heterocycles. The molecule has 2 N–H and O–H groups in total. The first-order valence-corrected chi connectivity index (χ1v) is 6.51. The number of anilines is 1. The standard InChI is InChI=1S/C14H18ClNO4/c1-8(12(17)18)16-10-7-5-6-9(15)11(10)13(19)20-14(2,3)4/h5-8,16H,1-4H3,(H,17,18). The van der Waals surface area contributed by atoms with E-state index in [0.717, 1.165) is 0 Å². The predicted molar refractivity (Wildman–Crippen MR) is 77.3 cm³/mol. The van der Waals surface area contributed by atoms with Crippen molar-refractivity contribution < 1.29 is 19.4 Å². The second-order valence-electron chi connectivity index (χ2n) is 5.37. The molecule has 0 radical (unpaired) electrons. The monoisotopic (exact) mass is 299 g/mol. The molecule has 1 aromatic rings. The molecule has 0 aliphatic heterocycles. The second-order valence-corrected chi connectivity index (χ2v) is 5.78. The highest BCUT2D eigenvalue weighted by Gasteiger charge is 2.24. The van der Waals surface area contributed by atoms with Crippen molar-refractivity contribution >= 4 is 29.2 Å². The lowest BCUT2D eigenvalue weighted by Crippen LogP contribution is -2.28. The topological polar surface area (TPSA) is 75.6 Å². The predicted octanol–water partition coefficient (Wildman–Crippen LogP) is 3.18. The van der Waals surface area contributed by atoms with E-state index < -0.39 is 23.6 Å². The third kappa shape index (κ3) is 4.42. The van der Waals surface area contributed by atoms with Gasteiger partial charge in [-0.3, -0.25) is 4.79 Å². The first-order valence-electron chi connectivity index (χ1n) is 6.13. The van der Waals surface area contributed by atoms with E-state index in [0.29, 0.717) is 5.69 Å². The van der Waals surface area contributed by atoms with Crippen LogP contribution >= 0.6 is 11.6 Å². The van der Waals surface area contributed by atoms with Gasteiger partial charge in [0.2, 0.25) is 0 Å². The summed E-state index contributed by atoms with van der Waals surface area (Å²) in [6.45, 7) is 6.71. The Labute approximate surface area is 122 Å². The minimum Gasteiger partial charge on any atom is -0.480 e. The van der Waals surface area contributed by atoms with Crippen LogP contribution in [0.15, 0.2) is 18.2 Å². The zero-order chi connectivity index (χ0) is 15.5. The van der Waals surface area contributed by atoms with E-state index in [9.17, 15) is 9.59 Å². The Morgan fingerprint density at radius 1 is 1.35 bits per heavy atom. The van der Waals surface area contributed by atoms with Gasteiger partial charge in [0, 0.05) is 0 Å². The number of nitrogens with one attached hydrogen (secondary N) is 1. The minimum absolute atomic E-state index is 0.136. The highest BCUT2D eigenvalue weighted by atomic mass is 35.5. The van der Waals surface area contributed by atoms with Gasteiger partial charge in [-0.1, -0.05) is 17.7 Å². The van der Waals surface area contributed by atoms with Crippen molar-refractivity contribution in [2.45, 2.75) is 39.3 Å². The molecule has 0 aliphatic carbocycles. The van der Waals surface area contributed by atoms with Gasteiger partial charge in [-0.2, -0.15) is 0 Å². The first kappa shape index (κ1) is 16.3. The molecule has 1 unspecified atom stereocenters. The Morgan fingerprint density at radius 3 is 2.45 bits per heavy atom. The van der Waals surface area contributed by atoms with E-state index in [1.165, 1.54) is 6.92 Å². The lowest BCUT2D eigenvalue weighted by atomic mass is 10.1. The molecule has 1 aromatic carbocycles. The summed E-state index contributed by atoms with van der Waals surface area (Å²) >= 11 is 6.03. The molecule has 1 rings (SSSR count). The lowest BCUT2D eigenvalue weighted by Gasteiger charge is -2.22. The van der Waals surface area contributed by atoms with Crippen molar-refractivity contribution in [3.05, 3.63) is 28.8 Å². The molecule has 0 amide bonds. The molecule has 20 heavy (non-hydrogen) atoms. The summed E-state index contributed by atoms with van der Waals surface area (Å²) in [5.74, 6) is -1.62. The van der Waals surface area contributed by atoms with E-state index in [2.05, 4.69) is 5.32 Å². The molecule has 6 heteroatoms. The van der Waals surface area contributed by atoms with Crippen molar-refractivity contribution in [1.29, 1.82) is 0 Å². The van der Waals surface area contributed by atoms with Crippen LogP contribution in [0.25, 0.3) is 0 Å². The van der Waals surface area contributed by atoms with Crippen LogP contribution in [0.5, 0.6) is 0 Å². The number of carboxylic acid groups (broad SMARTS) is 1. The number of aliphatic carboxylic acids is 1. The SMILES string of the molecule is CC(Nc1cccc(Cl)c1C(=O)OC(C)(C)C)C(=O)O. The number of carbonyl (C=O) groups excluding carboxylic acids is 1. The second kappa shape index (κ2) is 6.13. The molecule has 0 heterocycles. The van der Waals surface area contributed by atoms with Crippen molar-refractivity contribution in [3.63, 3.8) is 0 Å². The number of benzene rings is 1. The van der Waals surface area contributed by atoms with Crippen LogP contribution in [0.1, 0.15) is 38.1 Å². The van der Waals surface area contributed by atoms with Gasteiger partial charge in [0.1, 0.15) is 17.2 Å². The number of halogens is 1. The summed E-state index contributed by atoms with van der Waals surface area (Å²) in [7, 11) is 0. The molecular formula is C14H18ClNO4. The van der Waals surface area contributed by atoms with Crippen molar-refractivity contribution in [2.75, 3.05) is 5.32 Å². The summed E-state index contributed by atoms with van der Waals surface area (Å²) in [5.41, 5.74) is -0.190. The van der Waals surface area contributed by atoms with E-state index >= 15 is 0 Å². The minimum atomic E-state index is -1.03. The largest absolute Gasteiger partial charge is 0.480 e. The zero-order valence-electron chi connectivity index (χ0n) is 11.9. The molecule has 5 nitrogen and oxygen atoms in total. The summed E-state index contributed by atoms with van der Waals surface area (Å²) in [6.07, 6.45) is 0. The smallest absolute Gasteiger partial charge is 0.342 e. The molecule has 0 fully saturated rings. The number of hydrogen-bond acceptors (Lipinski definition) is 4. The Kier molecular flexibility index (Phi) is 5.00. The van der Waals surface area contributed by atoms with Gasteiger partial charge in [0.15, 0.2) is 0 Å². The Bertz CT molecular complexity index is 522. The average Bonchev–Trinajstić information content (AvgIpc) is 2.26. The molecule has 0 saturated heterocycles. The fourth-order valence-electron chi connectivity index (χ4n) is 1.48. The fraction of sp³-hybridized carbons (Fsp3) is 0.429. The third-order valence-electron chi connectivity index (χ3n) is 2.36. The van der Waals surface area contributed by atoms with Crippen LogP contribution in [0.2, 0.25) is 5.02 Å². The van der Waals surface area contributed by atoms with Gasteiger partial charge in [-0.25, -0.2) is 4.79 Å². The maximum Gasteiger partial charge on any atom is 0.342 e. The van der Waals surface area contributed by atoms with E-state index in [1.807, 2.05) is 0 Å². The van der Waals surface area contributed by atoms with Crippen molar-refractivity contribution in [2.24, 2.45) is 0 Å². The average molecular weight is 300 g/mol. The highest BCUT2D eigenvalue weighted by Crippen LogP contribution is 2.27. The van der Waals surface area contributed by atoms with Gasteiger partial charge in [-0.05, 0) is 39.8 Å². The fourth-order valence-corrected chi connectivity index (χ4v) is 1.73. The maximum absolute atomic E-state index is 12.2. The normalized spacial score (nSPS) is 12.7. The number of carboxylic acids is 1. The van der Waals surface area contributed by atoms with Gasteiger partial charge in [0.25, 0.3) is 0 Å². The molecule has 1 atom stereocenters. The highest BCUT2D eigenvalue weighted by molar-refractivity contribution is 6.34. The van der Waals surface area contributed by atoms with Crippen molar-refractivity contribution in [3.8, 4) is 0 Å². The summed E-state index contributed by atoms with van der Waals surface area (Å²) in [6, 6.07) is 3.92. The Morgan fingerprint density at radius 2 is 1.95 bits per heavy atom. The molecule has 0 bridgehead atoms. The van der Waals surface area contributed by atoms with Gasteiger partial charge in [-0.15, -0.1) is 0 Å². The molecule has 0 saturated carbocycles. The molecular weight excluding hydrogens is 282 g/mol. The molecule has 110 valence electrons. The van der Waals surface area contributed by atoms with Crippen LogP contribution in [0.3, 0.4) is 0 Å². The Balaban J connectivity index is 3.11. The van der Waals surface area contributed by atoms with Crippen LogP contribution in [0.4, 0.5) is 5.69 Å². The summed E-state index contributed by atoms with van der Waals surface area (Å²) in [4.78, 5) is 23.0. The summed E-state index contributed by atoms with van der Waals surface area (Å²) in [5, 5.41) is 11.9.